The molecule has 1 unspecified atom stereocenters. The van der Waals surface area contributed by atoms with Crippen molar-refractivity contribution in [2.24, 2.45) is 11.3 Å². The Hall–Kier alpha value is -2.37. The minimum atomic E-state index is -0.879. The Bertz CT molecular complexity index is 699. The maximum atomic E-state index is 12.6. The molecular weight excluding hydrogens is 320 g/mol. The largest absolute Gasteiger partial charge is 0.481 e. The topological polar surface area (TPSA) is 86.7 Å². The molecule has 2 amide bonds. The molecule has 0 aromatic heterocycles. The Labute approximate surface area is 148 Å². The molecule has 1 aliphatic rings. The van der Waals surface area contributed by atoms with E-state index in [9.17, 15) is 19.5 Å². The van der Waals surface area contributed by atoms with Gasteiger partial charge in [0, 0.05) is 30.8 Å². The minimum absolute atomic E-state index is 0.0473. The van der Waals surface area contributed by atoms with Gasteiger partial charge in [-0.1, -0.05) is 13.8 Å². The smallest absolute Gasteiger partial charge is 0.311 e. The highest BCUT2D eigenvalue weighted by Gasteiger charge is 2.42. The molecule has 0 radical (unpaired) electrons. The summed E-state index contributed by atoms with van der Waals surface area (Å²) in [5.41, 5.74) is 1.13. The highest BCUT2D eigenvalue weighted by Crippen LogP contribution is 2.31. The van der Waals surface area contributed by atoms with Crippen LogP contribution in [0.2, 0.25) is 0 Å². The van der Waals surface area contributed by atoms with Crippen LogP contribution in [0.3, 0.4) is 0 Å². The summed E-state index contributed by atoms with van der Waals surface area (Å²) in [6, 6.07) is 5.15. The van der Waals surface area contributed by atoms with E-state index < -0.39 is 11.4 Å². The van der Waals surface area contributed by atoms with Crippen LogP contribution < -0.4 is 5.32 Å². The first-order chi connectivity index (χ1) is 11.6. The van der Waals surface area contributed by atoms with E-state index in [1.54, 1.807) is 30.0 Å². The molecule has 2 rings (SSSR count). The summed E-state index contributed by atoms with van der Waals surface area (Å²) in [6.07, 6.45) is 0.901. The van der Waals surface area contributed by atoms with Crippen molar-refractivity contribution < 1.29 is 19.5 Å². The van der Waals surface area contributed by atoms with Crippen molar-refractivity contribution >= 4 is 23.5 Å². The van der Waals surface area contributed by atoms with Crippen LogP contribution >= 0.6 is 0 Å². The fraction of sp³-hybridized carbons (Fsp3) is 0.526. The predicted molar refractivity (Wildman–Crippen MR) is 95.5 cm³/mol. The monoisotopic (exact) mass is 346 g/mol. The molecule has 1 aromatic carbocycles. The van der Waals surface area contributed by atoms with Crippen molar-refractivity contribution in [2.45, 2.75) is 40.5 Å². The number of hydrogen-bond donors (Lipinski definition) is 2. The van der Waals surface area contributed by atoms with Crippen molar-refractivity contribution in [1.29, 1.82) is 0 Å². The number of aliphatic carboxylic acids is 1. The average Bonchev–Trinajstić information content (AvgIpc) is 2.92. The number of likely N-dealkylation sites (tertiary alicyclic amines) is 1. The predicted octanol–water partition coefficient (Wildman–Crippen LogP) is 2.92. The van der Waals surface area contributed by atoms with Gasteiger partial charge in [-0.25, -0.2) is 0 Å². The third kappa shape index (κ3) is 4.38. The Morgan fingerprint density at radius 3 is 2.52 bits per heavy atom. The number of carboxylic acid groups (broad SMARTS) is 1. The van der Waals surface area contributed by atoms with Crippen LogP contribution in [-0.4, -0.2) is 40.9 Å². The van der Waals surface area contributed by atoms with Crippen LogP contribution in [0, 0.1) is 18.3 Å². The summed E-state index contributed by atoms with van der Waals surface area (Å²) in [5.74, 6) is -0.816. The van der Waals surface area contributed by atoms with Gasteiger partial charge in [0.1, 0.15) is 0 Å². The van der Waals surface area contributed by atoms with Crippen molar-refractivity contribution in [3.8, 4) is 0 Å². The number of anilines is 1. The number of carboxylic acids is 1. The van der Waals surface area contributed by atoms with Gasteiger partial charge in [-0.05, 0) is 49.9 Å². The molecule has 1 aromatic rings. The fourth-order valence-corrected chi connectivity index (χ4v) is 3.00. The van der Waals surface area contributed by atoms with E-state index in [4.69, 9.17) is 0 Å². The van der Waals surface area contributed by atoms with Crippen molar-refractivity contribution in [1.82, 2.24) is 4.90 Å². The standard InChI is InChI=1S/C19H26N2O4/c1-12(2)9-16(22)20-15-6-5-14(10-13(15)3)17(23)21-8-7-19(4,11-21)18(24)25/h5-6,10,12H,7-9,11H2,1-4H3,(H,20,22)(H,24,25). The molecule has 136 valence electrons. The molecule has 0 aliphatic carbocycles. The molecule has 0 bridgehead atoms. The highest BCUT2D eigenvalue weighted by molar-refractivity contribution is 5.97. The number of rotatable bonds is 5. The third-order valence-corrected chi connectivity index (χ3v) is 4.62. The molecule has 6 heteroatoms. The zero-order chi connectivity index (χ0) is 18.8. The number of amides is 2. The van der Waals surface area contributed by atoms with Crippen molar-refractivity contribution in [3.63, 3.8) is 0 Å². The van der Waals surface area contributed by atoms with Gasteiger partial charge in [0.2, 0.25) is 5.91 Å². The lowest BCUT2D eigenvalue weighted by molar-refractivity contribution is -0.147. The first kappa shape index (κ1) is 19.0. The molecule has 2 N–H and O–H groups in total. The van der Waals surface area contributed by atoms with E-state index in [2.05, 4.69) is 5.32 Å². The summed E-state index contributed by atoms with van der Waals surface area (Å²) in [5, 5.41) is 12.2. The van der Waals surface area contributed by atoms with Crippen LogP contribution in [0.15, 0.2) is 18.2 Å². The second-order valence-electron chi connectivity index (χ2n) is 7.52. The Morgan fingerprint density at radius 1 is 1.32 bits per heavy atom. The zero-order valence-corrected chi connectivity index (χ0v) is 15.3. The van der Waals surface area contributed by atoms with Gasteiger partial charge in [-0.3, -0.25) is 14.4 Å². The third-order valence-electron chi connectivity index (χ3n) is 4.62. The Balaban J connectivity index is 2.09. The first-order valence-corrected chi connectivity index (χ1v) is 8.55. The van der Waals surface area contributed by atoms with E-state index >= 15 is 0 Å². The molecule has 25 heavy (non-hydrogen) atoms. The zero-order valence-electron chi connectivity index (χ0n) is 15.3. The number of benzene rings is 1. The minimum Gasteiger partial charge on any atom is -0.481 e. The molecule has 6 nitrogen and oxygen atoms in total. The lowest BCUT2D eigenvalue weighted by Gasteiger charge is -2.20. The number of nitrogens with zero attached hydrogens (tertiary/aromatic N) is 1. The maximum absolute atomic E-state index is 12.6. The van der Waals surface area contributed by atoms with Crippen molar-refractivity contribution in [3.05, 3.63) is 29.3 Å². The van der Waals surface area contributed by atoms with Crippen LogP contribution in [-0.2, 0) is 9.59 Å². The number of carbonyl (C=O) groups excluding carboxylic acids is 2. The molecule has 1 saturated heterocycles. The van der Waals surface area contributed by atoms with E-state index in [1.807, 2.05) is 20.8 Å². The molecule has 1 aliphatic heterocycles. The van der Waals surface area contributed by atoms with Crippen LogP contribution in [0.1, 0.15) is 49.5 Å². The lowest BCUT2D eigenvalue weighted by Crippen LogP contribution is -2.34. The van der Waals surface area contributed by atoms with E-state index in [0.29, 0.717) is 30.6 Å². The van der Waals surface area contributed by atoms with Gasteiger partial charge >= 0.3 is 5.97 Å². The summed E-state index contributed by atoms with van der Waals surface area (Å²) in [7, 11) is 0. The number of nitrogens with one attached hydrogen (secondary N) is 1. The summed E-state index contributed by atoms with van der Waals surface area (Å²) >= 11 is 0. The van der Waals surface area contributed by atoms with Gasteiger partial charge < -0.3 is 15.3 Å². The maximum Gasteiger partial charge on any atom is 0.311 e. The quantitative estimate of drug-likeness (QED) is 0.858. The van der Waals surface area contributed by atoms with Gasteiger partial charge in [-0.2, -0.15) is 0 Å². The molecule has 0 spiro atoms. The molecular formula is C19H26N2O4. The number of aryl methyl sites for hydroxylation is 1. The van der Waals surface area contributed by atoms with Crippen LogP contribution in [0.25, 0.3) is 0 Å². The highest BCUT2D eigenvalue weighted by atomic mass is 16.4. The molecule has 1 atom stereocenters. The number of hydrogen-bond acceptors (Lipinski definition) is 3. The Kier molecular flexibility index (Phi) is 5.50. The Morgan fingerprint density at radius 2 is 2.00 bits per heavy atom. The van der Waals surface area contributed by atoms with Crippen molar-refractivity contribution in [2.75, 3.05) is 18.4 Å². The fourth-order valence-electron chi connectivity index (χ4n) is 3.00. The second-order valence-corrected chi connectivity index (χ2v) is 7.52. The van der Waals surface area contributed by atoms with Crippen LogP contribution in [0.5, 0.6) is 0 Å². The first-order valence-electron chi connectivity index (χ1n) is 8.55. The van der Waals surface area contributed by atoms with Crippen LogP contribution in [0.4, 0.5) is 5.69 Å². The van der Waals surface area contributed by atoms with E-state index in [0.717, 1.165) is 5.56 Å². The normalized spacial score (nSPS) is 20.0. The summed E-state index contributed by atoms with van der Waals surface area (Å²) < 4.78 is 0. The van der Waals surface area contributed by atoms with E-state index in [1.165, 1.54) is 0 Å². The van der Waals surface area contributed by atoms with Gasteiger partial charge in [-0.15, -0.1) is 0 Å². The summed E-state index contributed by atoms with van der Waals surface area (Å²) in [4.78, 5) is 37.4. The lowest BCUT2D eigenvalue weighted by atomic mass is 9.90. The average molecular weight is 346 g/mol. The molecule has 1 heterocycles. The second kappa shape index (κ2) is 7.25. The van der Waals surface area contributed by atoms with E-state index in [-0.39, 0.29) is 24.3 Å². The van der Waals surface area contributed by atoms with Gasteiger partial charge in [0.05, 0.1) is 5.41 Å². The number of carbonyl (C=O) groups is 3. The van der Waals surface area contributed by atoms with Gasteiger partial charge in [0.15, 0.2) is 0 Å². The SMILES string of the molecule is Cc1cc(C(=O)N2CCC(C)(C(=O)O)C2)ccc1NC(=O)CC(C)C. The molecule has 1 fully saturated rings. The van der Waals surface area contributed by atoms with Gasteiger partial charge in [0.25, 0.3) is 5.91 Å². The summed E-state index contributed by atoms with van der Waals surface area (Å²) in [6.45, 7) is 8.12. The molecule has 0 saturated carbocycles.